The minimum atomic E-state index is -3.71. The summed E-state index contributed by atoms with van der Waals surface area (Å²) in [4.78, 5) is 29.3. The zero-order valence-electron chi connectivity index (χ0n) is 25.4. The van der Waals surface area contributed by atoms with Crippen molar-refractivity contribution in [1.82, 2.24) is 10.2 Å². The summed E-state index contributed by atoms with van der Waals surface area (Å²) < 4.78 is 31.8. The van der Waals surface area contributed by atoms with Gasteiger partial charge >= 0.3 is 0 Å². The standard InChI is InChI=1S/C32H38Cl3N3O5S/c1-32(2,3)36-31(40)28(18-22-10-7-6-8-11-22)37(21-23-13-14-24(33)19-26(23)34)30(39)12-9-17-38(44(5,41)42)25-15-16-29(43-4)27(35)20-25/h6-8,10-11,13-16,19-20,28H,9,12,17-18,21H2,1-5H3,(H,36,40). The van der Waals surface area contributed by atoms with Crippen LogP contribution in [0.15, 0.2) is 66.7 Å². The lowest BCUT2D eigenvalue weighted by molar-refractivity contribution is -0.142. The number of anilines is 1. The maximum Gasteiger partial charge on any atom is 0.243 e. The van der Waals surface area contributed by atoms with Crippen LogP contribution in [-0.4, -0.2) is 56.6 Å². The molecular formula is C32H38Cl3N3O5S. The summed E-state index contributed by atoms with van der Waals surface area (Å²) in [5.41, 5.74) is 1.30. The second-order valence-corrected chi connectivity index (χ2v) is 14.6. The maximum atomic E-state index is 14.0. The minimum Gasteiger partial charge on any atom is -0.495 e. The van der Waals surface area contributed by atoms with Gasteiger partial charge < -0.3 is 15.0 Å². The summed E-state index contributed by atoms with van der Waals surface area (Å²) in [6.45, 7) is 5.68. The molecule has 238 valence electrons. The molecule has 3 rings (SSSR count). The van der Waals surface area contributed by atoms with E-state index in [1.807, 2.05) is 51.1 Å². The molecule has 0 aromatic heterocycles. The van der Waals surface area contributed by atoms with Crippen molar-refractivity contribution in [3.8, 4) is 5.75 Å². The van der Waals surface area contributed by atoms with E-state index in [2.05, 4.69) is 5.32 Å². The summed E-state index contributed by atoms with van der Waals surface area (Å²) in [5.74, 6) is -0.235. The molecule has 1 atom stereocenters. The molecule has 0 saturated carbocycles. The van der Waals surface area contributed by atoms with Crippen molar-refractivity contribution in [2.75, 3.05) is 24.2 Å². The summed E-state index contributed by atoms with van der Waals surface area (Å²) in [6, 6.07) is 18.2. The normalized spacial score (nSPS) is 12.4. The van der Waals surface area contributed by atoms with Gasteiger partial charge in [0, 0.05) is 41.5 Å². The Morgan fingerprint density at radius 3 is 2.20 bits per heavy atom. The zero-order chi connectivity index (χ0) is 32.7. The highest BCUT2D eigenvalue weighted by atomic mass is 35.5. The van der Waals surface area contributed by atoms with E-state index >= 15 is 0 Å². The fourth-order valence-corrected chi connectivity index (χ4v) is 6.33. The van der Waals surface area contributed by atoms with Gasteiger partial charge in [0.1, 0.15) is 11.8 Å². The molecule has 44 heavy (non-hydrogen) atoms. The molecular weight excluding hydrogens is 645 g/mol. The van der Waals surface area contributed by atoms with Gasteiger partial charge in [-0.1, -0.05) is 71.2 Å². The van der Waals surface area contributed by atoms with E-state index < -0.39 is 21.6 Å². The Hall–Kier alpha value is -2.98. The molecule has 0 aliphatic rings. The van der Waals surface area contributed by atoms with Crippen LogP contribution in [0, 0.1) is 0 Å². The first-order chi connectivity index (χ1) is 20.6. The highest BCUT2D eigenvalue weighted by Gasteiger charge is 2.32. The van der Waals surface area contributed by atoms with Crippen LogP contribution in [0.5, 0.6) is 5.75 Å². The predicted molar refractivity (Wildman–Crippen MR) is 178 cm³/mol. The number of amides is 2. The topological polar surface area (TPSA) is 96.0 Å². The van der Waals surface area contributed by atoms with Gasteiger partial charge in [0.05, 0.1) is 24.1 Å². The first-order valence-electron chi connectivity index (χ1n) is 14.0. The number of nitrogens with one attached hydrogen (secondary N) is 1. The number of methoxy groups -OCH3 is 1. The van der Waals surface area contributed by atoms with Gasteiger partial charge in [-0.2, -0.15) is 0 Å². The van der Waals surface area contributed by atoms with E-state index in [9.17, 15) is 18.0 Å². The molecule has 0 fully saturated rings. The van der Waals surface area contributed by atoms with Crippen molar-refractivity contribution in [3.63, 3.8) is 0 Å². The molecule has 3 aromatic carbocycles. The van der Waals surface area contributed by atoms with Gasteiger partial charge in [0.25, 0.3) is 0 Å². The van der Waals surface area contributed by atoms with E-state index in [1.165, 1.54) is 22.4 Å². The number of hydrogen-bond donors (Lipinski definition) is 1. The summed E-state index contributed by atoms with van der Waals surface area (Å²) >= 11 is 18.9. The SMILES string of the molecule is COc1ccc(N(CCCC(=O)N(Cc2ccc(Cl)cc2Cl)C(Cc2ccccc2)C(=O)NC(C)(C)C)S(C)(=O)=O)cc1Cl. The molecule has 0 saturated heterocycles. The van der Waals surface area contributed by atoms with Gasteiger partial charge in [-0.25, -0.2) is 8.42 Å². The van der Waals surface area contributed by atoms with Crippen LogP contribution in [0.3, 0.4) is 0 Å². The quantitative estimate of drug-likeness (QED) is 0.215. The van der Waals surface area contributed by atoms with Gasteiger partial charge in [0.15, 0.2) is 0 Å². The van der Waals surface area contributed by atoms with Crippen molar-refractivity contribution >= 4 is 62.3 Å². The van der Waals surface area contributed by atoms with Crippen LogP contribution in [-0.2, 0) is 32.6 Å². The summed E-state index contributed by atoms with van der Waals surface area (Å²) in [7, 11) is -2.24. The molecule has 0 aliphatic heterocycles. The zero-order valence-corrected chi connectivity index (χ0v) is 28.5. The number of rotatable bonds is 13. The van der Waals surface area contributed by atoms with Crippen molar-refractivity contribution in [2.45, 2.75) is 58.2 Å². The van der Waals surface area contributed by atoms with Gasteiger partial charge in [0.2, 0.25) is 21.8 Å². The van der Waals surface area contributed by atoms with E-state index in [0.29, 0.717) is 27.0 Å². The van der Waals surface area contributed by atoms with Crippen LogP contribution in [0.1, 0.15) is 44.7 Å². The van der Waals surface area contributed by atoms with Crippen molar-refractivity contribution < 1.29 is 22.7 Å². The number of nitrogens with zero attached hydrogens (tertiary/aromatic N) is 2. The van der Waals surface area contributed by atoms with Crippen molar-refractivity contribution in [1.29, 1.82) is 0 Å². The second kappa shape index (κ2) is 15.3. The third-order valence-corrected chi connectivity index (χ3v) is 8.78. The molecule has 0 heterocycles. The monoisotopic (exact) mass is 681 g/mol. The van der Waals surface area contributed by atoms with Crippen molar-refractivity contribution in [2.24, 2.45) is 0 Å². The maximum absolute atomic E-state index is 14.0. The lowest BCUT2D eigenvalue weighted by Crippen LogP contribution is -2.54. The molecule has 8 nitrogen and oxygen atoms in total. The highest BCUT2D eigenvalue weighted by Crippen LogP contribution is 2.31. The fourth-order valence-electron chi connectivity index (χ4n) is 4.65. The first kappa shape index (κ1) is 35.5. The lowest BCUT2D eigenvalue weighted by Gasteiger charge is -2.34. The predicted octanol–water partition coefficient (Wildman–Crippen LogP) is 6.76. The molecule has 0 bridgehead atoms. The largest absolute Gasteiger partial charge is 0.495 e. The number of halogens is 3. The molecule has 0 aliphatic carbocycles. The molecule has 2 amide bonds. The minimum absolute atomic E-state index is 0.0142. The van der Waals surface area contributed by atoms with Crippen LogP contribution in [0.2, 0.25) is 15.1 Å². The van der Waals surface area contributed by atoms with Crippen LogP contribution in [0.4, 0.5) is 5.69 Å². The number of sulfonamides is 1. The Labute approximate surface area is 275 Å². The third-order valence-electron chi connectivity index (χ3n) is 6.70. The number of ether oxygens (including phenoxy) is 1. The highest BCUT2D eigenvalue weighted by molar-refractivity contribution is 7.92. The Balaban J connectivity index is 1.94. The molecule has 1 N–H and O–H groups in total. The number of carbonyl (C=O) groups is 2. The molecule has 0 spiro atoms. The Morgan fingerprint density at radius 2 is 1.64 bits per heavy atom. The van der Waals surface area contributed by atoms with Gasteiger partial charge in [-0.05, 0) is 68.7 Å². The van der Waals surface area contributed by atoms with E-state index in [0.717, 1.165) is 11.8 Å². The fraction of sp³-hybridized carbons (Fsp3) is 0.375. The van der Waals surface area contributed by atoms with Crippen LogP contribution in [0.25, 0.3) is 0 Å². The summed E-state index contributed by atoms with van der Waals surface area (Å²) in [6.07, 6.45) is 1.50. The molecule has 3 aromatic rings. The lowest BCUT2D eigenvalue weighted by atomic mass is 10.00. The number of hydrogen-bond acceptors (Lipinski definition) is 5. The molecule has 12 heteroatoms. The van der Waals surface area contributed by atoms with E-state index in [4.69, 9.17) is 39.5 Å². The van der Waals surface area contributed by atoms with E-state index in [-0.39, 0.29) is 49.2 Å². The smallest absolute Gasteiger partial charge is 0.243 e. The second-order valence-electron chi connectivity index (χ2n) is 11.5. The van der Waals surface area contributed by atoms with Crippen molar-refractivity contribution in [3.05, 3.63) is 92.9 Å². The average Bonchev–Trinajstić information content (AvgIpc) is 2.92. The van der Waals surface area contributed by atoms with Gasteiger partial charge in [-0.3, -0.25) is 13.9 Å². The molecule has 0 radical (unpaired) electrons. The first-order valence-corrected chi connectivity index (χ1v) is 17.0. The molecule has 1 unspecified atom stereocenters. The third kappa shape index (κ3) is 10.3. The Morgan fingerprint density at radius 1 is 0.955 bits per heavy atom. The average molecular weight is 683 g/mol. The Kier molecular flexibility index (Phi) is 12.4. The van der Waals surface area contributed by atoms with Gasteiger partial charge in [-0.15, -0.1) is 0 Å². The number of benzene rings is 3. The van der Waals surface area contributed by atoms with E-state index in [1.54, 1.807) is 30.3 Å². The van der Waals surface area contributed by atoms with Crippen LogP contribution >= 0.6 is 34.8 Å². The van der Waals surface area contributed by atoms with Crippen LogP contribution < -0.4 is 14.4 Å². The summed E-state index contributed by atoms with van der Waals surface area (Å²) in [5, 5.41) is 4.09. The number of carbonyl (C=O) groups excluding carboxylic acids is 2. The Bertz CT molecular complexity index is 1560.